The molecule has 0 aromatic heterocycles. The van der Waals surface area contributed by atoms with Crippen LogP contribution in [0.4, 0.5) is 4.79 Å². The van der Waals surface area contributed by atoms with Crippen molar-refractivity contribution >= 4 is 6.03 Å². The fourth-order valence-electron chi connectivity index (χ4n) is 2.93. The van der Waals surface area contributed by atoms with E-state index in [1.54, 1.807) is 7.11 Å². The van der Waals surface area contributed by atoms with Gasteiger partial charge in [0.2, 0.25) is 0 Å². The molecule has 0 saturated heterocycles. The number of amides is 2. The first-order chi connectivity index (χ1) is 14.2. The van der Waals surface area contributed by atoms with Crippen molar-refractivity contribution in [2.75, 3.05) is 7.11 Å². The maximum absolute atomic E-state index is 12.2. The van der Waals surface area contributed by atoms with E-state index in [1.165, 1.54) is 0 Å². The normalized spacial score (nSPS) is 11.4. The average molecular weight is 390 g/mol. The lowest BCUT2D eigenvalue weighted by Gasteiger charge is -2.16. The molecule has 0 aliphatic heterocycles. The van der Waals surface area contributed by atoms with Gasteiger partial charge < -0.3 is 20.1 Å². The maximum atomic E-state index is 12.2. The van der Waals surface area contributed by atoms with Crippen LogP contribution in [0.3, 0.4) is 0 Å². The molecule has 29 heavy (non-hydrogen) atoms. The first kappa shape index (κ1) is 20.3. The average Bonchev–Trinajstić information content (AvgIpc) is 2.77. The van der Waals surface area contributed by atoms with Gasteiger partial charge in [-0.05, 0) is 35.7 Å². The summed E-state index contributed by atoms with van der Waals surface area (Å²) in [4.78, 5) is 12.2. The van der Waals surface area contributed by atoms with Crippen molar-refractivity contribution in [1.29, 1.82) is 0 Å². The first-order valence-electron chi connectivity index (χ1n) is 9.58. The summed E-state index contributed by atoms with van der Waals surface area (Å²) in [6, 6.07) is 25.2. The predicted octanol–water partition coefficient (Wildman–Crippen LogP) is 4.83. The Morgan fingerprint density at radius 3 is 2.28 bits per heavy atom. The largest absolute Gasteiger partial charge is 0.493 e. The molecular weight excluding hydrogens is 364 g/mol. The van der Waals surface area contributed by atoms with Crippen LogP contribution in [-0.2, 0) is 13.2 Å². The molecule has 0 saturated carbocycles. The number of benzene rings is 3. The van der Waals surface area contributed by atoms with E-state index in [0.717, 1.165) is 16.7 Å². The van der Waals surface area contributed by atoms with Gasteiger partial charge in [0, 0.05) is 6.54 Å². The maximum Gasteiger partial charge on any atom is 0.315 e. The van der Waals surface area contributed by atoms with Gasteiger partial charge in [-0.1, -0.05) is 66.7 Å². The Labute approximate surface area is 171 Å². The molecule has 3 rings (SSSR count). The molecule has 0 aliphatic carbocycles. The molecule has 5 nitrogen and oxygen atoms in total. The zero-order valence-corrected chi connectivity index (χ0v) is 16.7. The molecule has 0 fully saturated rings. The van der Waals surface area contributed by atoms with Crippen LogP contribution in [0.15, 0.2) is 78.9 Å². The van der Waals surface area contributed by atoms with Gasteiger partial charge in [-0.2, -0.15) is 0 Å². The summed E-state index contributed by atoms with van der Waals surface area (Å²) in [7, 11) is 1.61. The van der Waals surface area contributed by atoms with Crippen molar-refractivity contribution in [3.8, 4) is 11.5 Å². The molecule has 3 aromatic rings. The highest BCUT2D eigenvalue weighted by atomic mass is 16.5. The third-order valence-corrected chi connectivity index (χ3v) is 4.57. The van der Waals surface area contributed by atoms with E-state index in [-0.39, 0.29) is 12.1 Å². The molecule has 3 aromatic carbocycles. The van der Waals surface area contributed by atoms with Crippen molar-refractivity contribution in [2.45, 2.75) is 26.1 Å². The fourth-order valence-corrected chi connectivity index (χ4v) is 2.93. The predicted molar refractivity (Wildman–Crippen MR) is 114 cm³/mol. The Hall–Kier alpha value is -3.47. The van der Waals surface area contributed by atoms with E-state index in [1.807, 2.05) is 85.8 Å². The highest BCUT2D eigenvalue weighted by molar-refractivity contribution is 5.74. The van der Waals surface area contributed by atoms with Gasteiger partial charge in [0.25, 0.3) is 0 Å². The molecule has 2 N–H and O–H groups in total. The highest BCUT2D eigenvalue weighted by Crippen LogP contribution is 2.28. The van der Waals surface area contributed by atoms with Crippen molar-refractivity contribution in [3.05, 3.63) is 95.6 Å². The summed E-state index contributed by atoms with van der Waals surface area (Å²) in [5.74, 6) is 1.31. The van der Waals surface area contributed by atoms with E-state index in [4.69, 9.17) is 9.47 Å². The van der Waals surface area contributed by atoms with Crippen LogP contribution in [0, 0.1) is 0 Å². The Balaban J connectivity index is 1.53. The van der Waals surface area contributed by atoms with E-state index in [0.29, 0.717) is 24.7 Å². The molecule has 150 valence electrons. The number of carbonyl (C=O) groups is 1. The van der Waals surface area contributed by atoms with Crippen LogP contribution in [0.5, 0.6) is 11.5 Å². The molecule has 0 spiro atoms. The van der Waals surface area contributed by atoms with E-state index in [9.17, 15) is 4.79 Å². The molecule has 0 bridgehead atoms. The summed E-state index contributed by atoms with van der Waals surface area (Å²) in [6.07, 6.45) is 0. The second-order valence-corrected chi connectivity index (χ2v) is 6.72. The van der Waals surface area contributed by atoms with Gasteiger partial charge >= 0.3 is 6.03 Å². The van der Waals surface area contributed by atoms with Crippen LogP contribution in [0.25, 0.3) is 0 Å². The number of rotatable bonds is 8. The Morgan fingerprint density at radius 2 is 1.59 bits per heavy atom. The third-order valence-electron chi connectivity index (χ3n) is 4.57. The minimum Gasteiger partial charge on any atom is -0.493 e. The monoisotopic (exact) mass is 390 g/mol. The summed E-state index contributed by atoms with van der Waals surface area (Å²) in [5, 5.41) is 5.82. The van der Waals surface area contributed by atoms with Crippen molar-refractivity contribution in [1.82, 2.24) is 10.6 Å². The van der Waals surface area contributed by atoms with Crippen molar-refractivity contribution in [2.24, 2.45) is 0 Å². The Kier molecular flexibility index (Phi) is 7.11. The molecule has 0 radical (unpaired) electrons. The second-order valence-electron chi connectivity index (χ2n) is 6.72. The highest BCUT2D eigenvalue weighted by Gasteiger charge is 2.10. The minimum atomic E-state index is -0.218. The number of nitrogens with one attached hydrogen (secondary N) is 2. The topological polar surface area (TPSA) is 59.6 Å². The molecule has 0 heterocycles. The number of hydrogen-bond donors (Lipinski definition) is 2. The molecule has 0 unspecified atom stereocenters. The van der Waals surface area contributed by atoms with Crippen LogP contribution in [0.2, 0.25) is 0 Å². The van der Waals surface area contributed by atoms with Crippen molar-refractivity contribution in [3.63, 3.8) is 0 Å². The number of urea groups is 1. The Bertz CT molecular complexity index is 914. The van der Waals surface area contributed by atoms with Crippen molar-refractivity contribution < 1.29 is 14.3 Å². The second kappa shape index (κ2) is 10.2. The van der Waals surface area contributed by atoms with Crippen LogP contribution >= 0.6 is 0 Å². The number of carbonyl (C=O) groups excluding carboxylic acids is 1. The van der Waals surface area contributed by atoms with Crippen LogP contribution < -0.4 is 20.1 Å². The van der Waals surface area contributed by atoms with Gasteiger partial charge in [0.05, 0.1) is 13.2 Å². The molecule has 2 amide bonds. The lowest BCUT2D eigenvalue weighted by molar-refractivity contribution is 0.237. The Morgan fingerprint density at radius 1 is 0.897 bits per heavy atom. The van der Waals surface area contributed by atoms with Gasteiger partial charge in [-0.3, -0.25) is 0 Å². The zero-order valence-electron chi connectivity index (χ0n) is 16.7. The molecule has 0 aliphatic rings. The number of methoxy groups -OCH3 is 1. The van der Waals surface area contributed by atoms with E-state index in [2.05, 4.69) is 10.6 Å². The summed E-state index contributed by atoms with van der Waals surface area (Å²) in [6.45, 7) is 2.81. The van der Waals surface area contributed by atoms with Gasteiger partial charge in [-0.15, -0.1) is 0 Å². The lowest BCUT2D eigenvalue weighted by Crippen LogP contribution is -2.36. The standard InChI is InChI=1S/C24H26N2O3/c1-18(21-11-7-4-8-12-21)26-24(27)25-16-20-13-14-22(23(15-20)28-2)29-17-19-9-5-3-6-10-19/h3-15,18H,16-17H2,1-2H3,(H2,25,26,27)/t18-/m0/s1. The lowest BCUT2D eigenvalue weighted by atomic mass is 10.1. The summed E-state index contributed by atoms with van der Waals surface area (Å²) in [5.41, 5.74) is 3.07. The molecular formula is C24H26N2O3. The van der Waals surface area contributed by atoms with Crippen LogP contribution in [0.1, 0.15) is 29.7 Å². The fraction of sp³-hybridized carbons (Fsp3) is 0.208. The zero-order chi connectivity index (χ0) is 20.5. The van der Waals surface area contributed by atoms with Gasteiger partial charge in [0.15, 0.2) is 11.5 Å². The van der Waals surface area contributed by atoms with Crippen LogP contribution in [-0.4, -0.2) is 13.1 Å². The third kappa shape index (κ3) is 6.01. The van der Waals surface area contributed by atoms with Gasteiger partial charge in [0.1, 0.15) is 6.61 Å². The SMILES string of the molecule is COc1cc(CNC(=O)N[C@@H](C)c2ccccc2)ccc1OCc1ccccc1. The van der Waals surface area contributed by atoms with E-state index < -0.39 is 0 Å². The summed E-state index contributed by atoms with van der Waals surface area (Å²) < 4.78 is 11.3. The smallest absolute Gasteiger partial charge is 0.315 e. The van der Waals surface area contributed by atoms with Gasteiger partial charge in [-0.25, -0.2) is 4.79 Å². The molecule has 5 heteroatoms. The van der Waals surface area contributed by atoms with E-state index >= 15 is 0 Å². The number of hydrogen-bond acceptors (Lipinski definition) is 3. The first-order valence-corrected chi connectivity index (χ1v) is 9.58. The number of ether oxygens (including phenoxy) is 2. The molecule has 1 atom stereocenters. The minimum absolute atomic E-state index is 0.0699. The summed E-state index contributed by atoms with van der Waals surface area (Å²) >= 11 is 0. The quantitative estimate of drug-likeness (QED) is 0.579.